The Bertz CT molecular complexity index is 668. The molecule has 0 atom stereocenters. The average Bonchev–Trinajstić information content (AvgIpc) is 2.36. The van der Waals surface area contributed by atoms with E-state index >= 15 is 0 Å². The predicted octanol–water partition coefficient (Wildman–Crippen LogP) is 2.89. The van der Waals surface area contributed by atoms with Crippen molar-refractivity contribution in [3.05, 3.63) is 29.8 Å². The van der Waals surface area contributed by atoms with E-state index in [-0.39, 0.29) is 22.3 Å². The van der Waals surface area contributed by atoms with Gasteiger partial charge in [-0.25, -0.2) is 0 Å². The number of aromatic hydroxyl groups is 2. The molecule has 2 rings (SSSR count). The maximum Gasteiger partial charge on any atom is 0.211 e. The SMILES string of the molecule is Cc1c(O)c(N=NC(N)=S)c2ccccc2c1O. The fourth-order valence-electron chi connectivity index (χ4n) is 1.72. The van der Waals surface area contributed by atoms with Crippen LogP contribution in [0.15, 0.2) is 34.5 Å². The molecule has 0 saturated heterocycles. The van der Waals surface area contributed by atoms with Crippen molar-refractivity contribution >= 4 is 33.8 Å². The molecule has 0 fully saturated rings. The van der Waals surface area contributed by atoms with Crippen LogP contribution in [0.4, 0.5) is 5.69 Å². The molecule has 0 saturated carbocycles. The molecule has 0 heterocycles. The van der Waals surface area contributed by atoms with E-state index in [0.29, 0.717) is 16.3 Å². The Morgan fingerprint density at radius 2 is 1.78 bits per heavy atom. The number of rotatable bonds is 1. The van der Waals surface area contributed by atoms with Gasteiger partial charge in [0.25, 0.3) is 0 Å². The lowest BCUT2D eigenvalue weighted by Crippen LogP contribution is -2.01. The molecule has 2 aromatic carbocycles. The van der Waals surface area contributed by atoms with Crippen LogP contribution in [-0.4, -0.2) is 15.3 Å². The zero-order chi connectivity index (χ0) is 13.3. The van der Waals surface area contributed by atoms with Gasteiger partial charge in [0.2, 0.25) is 5.11 Å². The van der Waals surface area contributed by atoms with Crippen molar-refractivity contribution in [2.45, 2.75) is 6.92 Å². The Labute approximate surface area is 109 Å². The minimum atomic E-state index is -0.133. The molecule has 0 bridgehead atoms. The van der Waals surface area contributed by atoms with Crippen LogP contribution in [0.2, 0.25) is 0 Å². The number of benzene rings is 2. The summed E-state index contributed by atoms with van der Waals surface area (Å²) in [5.41, 5.74) is 5.83. The highest BCUT2D eigenvalue weighted by atomic mass is 32.1. The Kier molecular flexibility index (Phi) is 3.12. The summed E-state index contributed by atoms with van der Waals surface area (Å²) in [5, 5.41) is 28.4. The summed E-state index contributed by atoms with van der Waals surface area (Å²) >= 11 is 4.61. The summed E-state index contributed by atoms with van der Waals surface area (Å²) in [7, 11) is 0. The molecule has 0 aliphatic carbocycles. The van der Waals surface area contributed by atoms with Gasteiger partial charge in [0.1, 0.15) is 17.2 Å². The first-order chi connectivity index (χ1) is 8.52. The van der Waals surface area contributed by atoms with E-state index in [1.807, 2.05) is 0 Å². The van der Waals surface area contributed by atoms with Crippen LogP contribution in [0.1, 0.15) is 5.56 Å². The third-order valence-corrected chi connectivity index (χ3v) is 2.70. The first kappa shape index (κ1) is 12.3. The molecule has 0 aliphatic heterocycles. The number of hydrogen-bond donors (Lipinski definition) is 3. The molecule has 4 N–H and O–H groups in total. The fourth-order valence-corrected chi connectivity index (χ4v) is 1.76. The van der Waals surface area contributed by atoms with Gasteiger partial charge in [0.05, 0.1) is 0 Å². The standard InChI is InChI=1S/C12H11N3O2S/c1-6-10(16)8-5-3-2-4-7(8)9(11(6)17)14-15-12(13)18/h2-5,16-17H,1H3,(H2,13,18). The second-order valence-electron chi connectivity index (χ2n) is 3.75. The number of fused-ring (bicyclic) bond motifs is 1. The van der Waals surface area contributed by atoms with Gasteiger partial charge in [0, 0.05) is 16.3 Å². The molecule has 0 spiro atoms. The molecule has 0 aromatic heterocycles. The quantitative estimate of drug-likeness (QED) is 0.543. The van der Waals surface area contributed by atoms with Crippen LogP contribution >= 0.6 is 12.2 Å². The lowest BCUT2D eigenvalue weighted by Gasteiger charge is -2.09. The van der Waals surface area contributed by atoms with E-state index in [1.165, 1.54) is 0 Å². The first-order valence-electron chi connectivity index (χ1n) is 5.16. The highest BCUT2D eigenvalue weighted by Crippen LogP contribution is 2.44. The number of phenols is 2. The number of nitrogens with two attached hydrogens (primary N) is 1. The zero-order valence-electron chi connectivity index (χ0n) is 9.58. The molecule has 2 aromatic rings. The monoisotopic (exact) mass is 261 g/mol. The Morgan fingerprint density at radius 1 is 1.17 bits per heavy atom. The Morgan fingerprint density at radius 3 is 2.39 bits per heavy atom. The zero-order valence-corrected chi connectivity index (χ0v) is 10.4. The minimum absolute atomic E-state index is 0.0253. The summed E-state index contributed by atoms with van der Waals surface area (Å²) < 4.78 is 0. The maximum absolute atomic E-state index is 9.99. The molecule has 5 nitrogen and oxygen atoms in total. The van der Waals surface area contributed by atoms with Gasteiger partial charge in [-0.15, -0.1) is 10.2 Å². The third kappa shape index (κ3) is 1.98. The van der Waals surface area contributed by atoms with Crippen molar-refractivity contribution in [3.63, 3.8) is 0 Å². The van der Waals surface area contributed by atoms with Crippen molar-refractivity contribution in [2.24, 2.45) is 16.0 Å². The van der Waals surface area contributed by atoms with Crippen LogP contribution in [0, 0.1) is 6.92 Å². The highest BCUT2D eigenvalue weighted by molar-refractivity contribution is 7.80. The smallest absolute Gasteiger partial charge is 0.211 e. The van der Waals surface area contributed by atoms with Crippen LogP contribution in [0.3, 0.4) is 0 Å². The van der Waals surface area contributed by atoms with Crippen molar-refractivity contribution < 1.29 is 10.2 Å². The summed E-state index contributed by atoms with van der Waals surface area (Å²) in [6.07, 6.45) is 0. The number of phenolic OH excluding ortho intramolecular Hbond substituents is 2. The Hall–Kier alpha value is -2.21. The van der Waals surface area contributed by atoms with Gasteiger partial charge in [-0.1, -0.05) is 24.3 Å². The molecular weight excluding hydrogens is 250 g/mol. The summed E-state index contributed by atoms with van der Waals surface area (Å²) in [6, 6.07) is 7.02. The van der Waals surface area contributed by atoms with Gasteiger partial charge in [-0.2, -0.15) is 0 Å². The highest BCUT2D eigenvalue weighted by Gasteiger charge is 2.15. The lowest BCUT2D eigenvalue weighted by molar-refractivity contribution is 0.448. The molecule has 6 heteroatoms. The number of hydrogen-bond acceptors (Lipinski definition) is 4. The van der Waals surface area contributed by atoms with Crippen LogP contribution < -0.4 is 5.73 Å². The molecule has 92 valence electrons. The maximum atomic E-state index is 9.99. The normalized spacial score (nSPS) is 11.2. The fraction of sp³-hybridized carbons (Fsp3) is 0.0833. The van der Waals surface area contributed by atoms with Crippen molar-refractivity contribution in [2.75, 3.05) is 0 Å². The van der Waals surface area contributed by atoms with Gasteiger partial charge < -0.3 is 15.9 Å². The van der Waals surface area contributed by atoms with Crippen molar-refractivity contribution in [3.8, 4) is 11.5 Å². The lowest BCUT2D eigenvalue weighted by atomic mass is 10.0. The molecule has 0 radical (unpaired) electrons. The summed E-state index contributed by atoms with van der Waals surface area (Å²) in [6.45, 7) is 1.59. The molecule has 0 unspecified atom stereocenters. The topological polar surface area (TPSA) is 91.2 Å². The number of azo groups is 1. The van der Waals surface area contributed by atoms with E-state index in [1.54, 1.807) is 31.2 Å². The third-order valence-electron chi connectivity index (χ3n) is 2.62. The van der Waals surface area contributed by atoms with Gasteiger partial charge in [0.15, 0.2) is 0 Å². The van der Waals surface area contributed by atoms with E-state index in [0.717, 1.165) is 0 Å². The minimum Gasteiger partial charge on any atom is -0.507 e. The van der Waals surface area contributed by atoms with E-state index in [2.05, 4.69) is 22.4 Å². The van der Waals surface area contributed by atoms with E-state index in [9.17, 15) is 10.2 Å². The van der Waals surface area contributed by atoms with Crippen molar-refractivity contribution in [1.82, 2.24) is 0 Å². The van der Waals surface area contributed by atoms with E-state index in [4.69, 9.17) is 5.73 Å². The second-order valence-corrected chi connectivity index (χ2v) is 4.17. The molecule has 0 amide bonds. The molecule has 18 heavy (non-hydrogen) atoms. The van der Waals surface area contributed by atoms with Crippen LogP contribution in [-0.2, 0) is 0 Å². The molecule has 0 aliphatic rings. The largest absolute Gasteiger partial charge is 0.507 e. The second kappa shape index (κ2) is 4.58. The summed E-state index contributed by atoms with van der Waals surface area (Å²) in [4.78, 5) is 0. The molecular formula is C12H11N3O2S. The number of nitrogens with zero attached hydrogens (tertiary/aromatic N) is 2. The van der Waals surface area contributed by atoms with Gasteiger partial charge in [-0.3, -0.25) is 0 Å². The first-order valence-corrected chi connectivity index (χ1v) is 5.57. The van der Waals surface area contributed by atoms with Crippen LogP contribution in [0.5, 0.6) is 11.5 Å². The number of thiocarbonyl (C=S) groups is 1. The summed E-state index contributed by atoms with van der Waals surface area (Å²) in [5.74, 6) is -0.108. The average molecular weight is 261 g/mol. The van der Waals surface area contributed by atoms with Gasteiger partial charge >= 0.3 is 0 Å². The van der Waals surface area contributed by atoms with Crippen LogP contribution in [0.25, 0.3) is 10.8 Å². The predicted molar refractivity (Wildman–Crippen MR) is 73.3 cm³/mol. The Balaban J connectivity index is 2.83. The van der Waals surface area contributed by atoms with E-state index < -0.39 is 0 Å². The van der Waals surface area contributed by atoms with Gasteiger partial charge in [-0.05, 0) is 19.1 Å². The van der Waals surface area contributed by atoms with Crippen molar-refractivity contribution in [1.29, 1.82) is 0 Å².